The zero-order chi connectivity index (χ0) is 21.6. The SMILES string of the molecule is CC(C)[C@@H]1CC[C@@H](C)C[C@H]1C(=O)CC[C@H](NC(=O)OC(C)(C)C)c1ccccc1. The van der Waals surface area contributed by atoms with E-state index in [4.69, 9.17) is 4.74 Å². The molecule has 0 aliphatic heterocycles. The minimum atomic E-state index is -0.552. The highest BCUT2D eigenvalue weighted by Gasteiger charge is 2.35. The first kappa shape index (κ1) is 23.4. The van der Waals surface area contributed by atoms with E-state index >= 15 is 0 Å². The molecule has 1 amide bonds. The fourth-order valence-electron chi connectivity index (χ4n) is 4.50. The Morgan fingerprint density at radius 3 is 2.38 bits per heavy atom. The number of hydrogen-bond acceptors (Lipinski definition) is 3. The molecule has 0 bridgehead atoms. The van der Waals surface area contributed by atoms with Gasteiger partial charge in [-0.2, -0.15) is 0 Å². The fraction of sp³-hybridized carbons (Fsp3) is 0.680. The zero-order valence-electron chi connectivity index (χ0n) is 19.0. The first-order chi connectivity index (χ1) is 13.6. The van der Waals surface area contributed by atoms with Crippen molar-refractivity contribution in [1.29, 1.82) is 0 Å². The van der Waals surface area contributed by atoms with Crippen LogP contribution in [0, 0.1) is 23.7 Å². The van der Waals surface area contributed by atoms with Gasteiger partial charge < -0.3 is 10.1 Å². The molecule has 1 aromatic rings. The molecular formula is C25H39NO3. The van der Waals surface area contributed by atoms with E-state index in [2.05, 4.69) is 26.1 Å². The molecule has 1 aliphatic carbocycles. The van der Waals surface area contributed by atoms with Gasteiger partial charge >= 0.3 is 6.09 Å². The molecule has 0 spiro atoms. The number of benzene rings is 1. The lowest BCUT2D eigenvalue weighted by Gasteiger charge is -2.36. The number of nitrogens with one attached hydrogen (secondary N) is 1. The summed E-state index contributed by atoms with van der Waals surface area (Å²) in [5.41, 5.74) is 0.452. The summed E-state index contributed by atoms with van der Waals surface area (Å²) >= 11 is 0. The van der Waals surface area contributed by atoms with Crippen molar-refractivity contribution >= 4 is 11.9 Å². The molecule has 4 nitrogen and oxygen atoms in total. The monoisotopic (exact) mass is 401 g/mol. The summed E-state index contributed by atoms with van der Waals surface area (Å²) in [6.45, 7) is 12.3. The van der Waals surface area contributed by atoms with Crippen molar-refractivity contribution in [3.63, 3.8) is 0 Å². The highest BCUT2D eigenvalue weighted by atomic mass is 16.6. The highest BCUT2D eigenvalue weighted by Crippen LogP contribution is 2.39. The summed E-state index contributed by atoms with van der Waals surface area (Å²) in [6.07, 6.45) is 4.00. The Kier molecular flexibility index (Phi) is 8.30. The van der Waals surface area contributed by atoms with E-state index in [9.17, 15) is 9.59 Å². The second-order valence-electron chi connectivity index (χ2n) is 10.0. The van der Waals surface area contributed by atoms with Crippen LogP contribution in [0.4, 0.5) is 4.79 Å². The molecule has 4 atom stereocenters. The van der Waals surface area contributed by atoms with Crippen LogP contribution >= 0.6 is 0 Å². The van der Waals surface area contributed by atoms with Crippen molar-refractivity contribution in [1.82, 2.24) is 5.32 Å². The molecule has 4 heteroatoms. The molecule has 0 saturated heterocycles. The molecule has 162 valence electrons. The van der Waals surface area contributed by atoms with E-state index in [1.54, 1.807) is 0 Å². The second-order valence-corrected chi connectivity index (χ2v) is 10.0. The van der Waals surface area contributed by atoms with Crippen LogP contribution in [-0.2, 0) is 9.53 Å². The maximum Gasteiger partial charge on any atom is 0.408 e. The van der Waals surface area contributed by atoms with Gasteiger partial charge in [0.1, 0.15) is 11.4 Å². The Balaban J connectivity index is 2.06. The molecule has 1 saturated carbocycles. The minimum Gasteiger partial charge on any atom is -0.444 e. The summed E-state index contributed by atoms with van der Waals surface area (Å²) in [5.74, 6) is 2.12. The summed E-state index contributed by atoms with van der Waals surface area (Å²) in [5, 5.41) is 2.98. The number of carbonyl (C=O) groups is 2. The number of ether oxygens (including phenoxy) is 1. The summed E-state index contributed by atoms with van der Waals surface area (Å²) < 4.78 is 5.44. The lowest BCUT2D eigenvalue weighted by Crippen LogP contribution is -2.36. The Bertz CT molecular complexity index is 662. The van der Waals surface area contributed by atoms with E-state index in [0.717, 1.165) is 18.4 Å². The van der Waals surface area contributed by atoms with E-state index in [1.807, 2.05) is 51.1 Å². The summed E-state index contributed by atoms with van der Waals surface area (Å²) in [7, 11) is 0. The molecule has 1 N–H and O–H groups in total. The average Bonchev–Trinajstić information content (AvgIpc) is 2.63. The normalized spacial score (nSPS) is 23.5. The van der Waals surface area contributed by atoms with Gasteiger partial charge in [0.15, 0.2) is 0 Å². The van der Waals surface area contributed by atoms with Gasteiger partial charge in [-0.25, -0.2) is 4.79 Å². The number of rotatable bonds is 7. The van der Waals surface area contributed by atoms with Gasteiger partial charge in [0, 0.05) is 12.3 Å². The summed E-state index contributed by atoms with van der Waals surface area (Å²) in [4.78, 5) is 25.5. The third-order valence-electron chi connectivity index (χ3n) is 6.01. The number of amides is 1. The van der Waals surface area contributed by atoms with Crippen molar-refractivity contribution in [2.45, 2.75) is 85.3 Å². The van der Waals surface area contributed by atoms with Crippen LogP contribution in [0.3, 0.4) is 0 Å². The van der Waals surface area contributed by atoms with Gasteiger partial charge in [0.2, 0.25) is 0 Å². The van der Waals surface area contributed by atoms with Gasteiger partial charge in [0.05, 0.1) is 6.04 Å². The Morgan fingerprint density at radius 1 is 1.14 bits per heavy atom. The van der Waals surface area contributed by atoms with Crippen LogP contribution in [0.2, 0.25) is 0 Å². The molecule has 0 aromatic heterocycles. The van der Waals surface area contributed by atoms with Crippen molar-refractivity contribution in [2.75, 3.05) is 0 Å². The van der Waals surface area contributed by atoms with Gasteiger partial charge in [-0.05, 0) is 63.4 Å². The maximum atomic E-state index is 13.2. The van der Waals surface area contributed by atoms with Gasteiger partial charge in [-0.1, -0.05) is 57.5 Å². The minimum absolute atomic E-state index is 0.150. The van der Waals surface area contributed by atoms with Crippen molar-refractivity contribution in [2.24, 2.45) is 23.7 Å². The standard InChI is InChI=1S/C25H39NO3/c1-17(2)20-13-12-18(3)16-21(20)23(27)15-14-22(19-10-8-7-9-11-19)26-24(28)29-25(4,5)6/h7-11,17-18,20-22H,12-16H2,1-6H3,(H,26,28)/t18-,20+,21-,22+/m1/s1. The number of carbonyl (C=O) groups excluding carboxylic acids is 2. The van der Waals surface area contributed by atoms with Crippen LogP contribution in [0.15, 0.2) is 30.3 Å². The van der Waals surface area contributed by atoms with Crippen LogP contribution in [0.25, 0.3) is 0 Å². The molecule has 0 heterocycles. The molecule has 29 heavy (non-hydrogen) atoms. The Labute approximate surface area is 176 Å². The zero-order valence-corrected chi connectivity index (χ0v) is 19.0. The predicted molar refractivity (Wildman–Crippen MR) is 118 cm³/mol. The van der Waals surface area contributed by atoms with Crippen molar-refractivity contribution < 1.29 is 14.3 Å². The third kappa shape index (κ3) is 7.49. The Morgan fingerprint density at radius 2 is 1.79 bits per heavy atom. The molecule has 0 radical (unpaired) electrons. The smallest absolute Gasteiger partial charge is 0.408 e. The lowest BCUT2D eigenvalue weighted by atomic mass is 9.68. The average molecular weight is 402 g/mol. The quantitative estimate of drug-likeness (QED) is 0.582. The Hall–Kier alpha value is -1.84. The highest BCUT2D eigenvalue weighted by molar-refractivity contribution is 5.81. The lowest BCUT2D eigenvalue weighted by molar-refractivity contribution is -0.127. The first-order valence-corrected chi connectivity index (χ1v) is 11.1. The molecule has 1 aromatic carbocycles. The van der Waals surface area contributed by atoms with Gasteiger partial charge in [-0.3, -0.25) is 4.79 Å². The van der Waals surface area contributed by atoms with Gasteiger partial charge in [-0.15, -0.1) is 0 Å². The molecule has 0 unspecified atom stereocenters. The number of hydrogen-bond donors (Lipinski definition) is 1. The number of Topliss-reactive ketones (excluding diaryl/α,β-unsaturated/α-hetero) is 1. The van der Waals surface area contributed by atoms with Crippen molar-refractivity contribution in [3.05, 3.63) is 35.9 Å². The largest absolute Gasteiger partial charge is 0.444 e. The third-order valence-corrected chi connectivity index (χ3v) is 6.01. The first-order valence-electron chi connectivity index (χ1n) is 11.1. The molecule has 1 fully saturated rings. The molecular weight excluding hydrogens is 362 g/mol. The second kappa shape index (κ2) is 10.3. The summed E-state index contributed by atoms with van der Waals surface area (Å²) in [6, 6.07) is 9.62. The number of alkyl carbamates (subject to hydrolysis) is 1. The van der Waals surface area contributed by atoms with Crippen LogP contribution < -0.4 is 5.32 Å². The van der Waals surface area contributed by atoms with Gasteiger partial charge in [0.25, 0.3) is 0 Å². The maximum absolute atomic E-state index is 13.2. The number of ketones is 1. The topological polar surface area (TPSA) is 55.4 Å². The van der Waals surface area contributed by atoms with E-state index < -0.39 is 11.7 Å². The van der Waals surface area contributed by atoms with Crippen LogP contribution in [0.1, 0.15) is 85.3 Å². The van der Waals surface area contributed by atoms with Crippen LogP contribution in [0.5, 0.6) is 0 Å². The van der Waals surface area contributed by atoms with E-state index in [-0.39, 0.29) is 12.0 Å². The fourth-order valence-corrected chi connectivity index (χ4v) is 4.50. The molecule has 2 rings (SSSR count). The van der Waals surface area contributed by atoms with E-state index in [0.29, 0.717) is 36.4 Å². The molecule has 1 aliphatic rings. The van der Waals surface area contributed by atoms with Crippen LogP contribution in [-0.4, -0.2) is 17.5 Å². The van der Waals surface area contributed by atoms with E-state index in [1.165, 1.54) is 6.42 Å². The van der Waals surface area contributed by atoms with Crippen molar-refractivity contribution in [3.8, 4) is 0 Å². The predicted octanol–water partition coefficient (Wildman–Crippen LogP) is 6.31.